The average Bonchev–Trinajstić information content (AvgIpc) is 2.46. The van der Waals surface area contributed by atoms with E-state index in [1.165, 1.54) is 7.11 Å². The van der Waals surface area contributed by atoms with E-state index in [0.717, 1.165) is 24.2 Å². The smallest absolute Gasteiger partial charge is 0.307 e. The highest BCUT2D eigenvalue weighted by Crippen LogP contribution is 2.31. The van der Waals surface area contributed by atoms with Crippen molar-refractivity contribution in [2.75, 3.05) is 25.5 Å². The number of carbonyl (C=O) groups excluding carboxylic acids is 2. The number of anilines is 1. The summed E-state index contributed by atoms with van der Waals surface area (Å²) in [7, 11) is 1.34. The number of para-hydroxylation sites is 1. The Balaban J connectivity index is 1.95. The number of fused-ring (bicyclic) bond motifs is 1. The monoisotopic (exact) mass is 262 g/mol. The first kappa shape index (κ1) is 13.4. The maximum atomic E-state index is 12.1. The van der Waals surface area contributed by atoms with Crippen LogP contribution in [0, 0.1) is 0 Å². The van der Waals surface area contributed by atoms with Crippen molar-refractivity contribution in [3.8, 4) is 0 Å². The van der Waals surface area contributed by atoms with Gasteiger partial charge in [-0.1, -0.05) is 18.2 Å². The van der Waals surface area contributed by atoms with Crippen molar-refractivity contribution in [3.63, 3.8) is 0 Å². The van der Waals surface area contributed by atoms with Gasteiger partial charge in [-0.25, -0.2) is 0 Å². The second-order valence-corrected chi connectivity index (χ2v) is 4.47. The molecule has 1 aromatic carbocycles. The summed E-state index contributed by atoms with van der Waals surface area (Å²) >= 11 is 0. The van der Waals surface area contributed by atoms with Crippen LogP contribution >= 0.6 is 0 Å². The van der Waals surface area contributed by atoms with Gasteiger partial charge >= 0.3 is 5.97 Å². The molecular formula is C14H18N2O3. The number of methoxy groups -OCH3 is 1. The van der Waals surface area contributed by atoms with Gasteiger partial charge in [0, 0.05) is 18.8 Å². The van der Waals surface area contributed by atoms with Crippen LogP contribution in [0.2, 0.25) is 0 Å². The van der Waals surface area contributed by atoms with Crippen LogP contribution in [0.1, 0.15) is 24.3 Å². The van der Waals surface area contributed by atoms with Crippen LogP contribution in [0.15, 0.2) is 24.3 Å². The second-order valence-electron chi connectivity index (χ2n) is 4.47. The maximum Gasteiger partial charge on any atom is 0.307 e. The summed E-state index contributed by atoms with van der Waals surface area (Å²) < 4.78 is 4.53. The summed E-state index contributed by atoms with van der Waals surface area (Å²) in [6, 6.07) is 7.82. The lowest BCUT2D eigenvalue weighted by Crippen LogP contribution is -2.34. The molecule has 0 spiro atoms. The van der Waals surface area contributed by atoms with E-state index >= 15 is 0 Å². The molecule has 5 heteroatoms. The first-order valence-electron chi connectivity index (χ1n) is 6.39. The minimum Gasteiger partial charge on any atom is -0.469 e. The van der Waals surface area contributed by atoms with Gasteiger partial charge in [-0.05, 0) is 18.1 Å². The van der Waals surface area contributed by atoms with Gasteiger partial charge in [-0.3, -0.25) is 9.59 Å². The van der Waals surface area contributed by atoms with Gasteiger partial charge in [0.2, 0.25) is 5.91 Å². The summed E-state index contributed by atoms with van der Waals surface area (Å²) in [6.07, 6.45) is 0.968. The fourth-order valence-corrected chi connectivity index (χ4v) is 2.25. The highest BCUT2D eigenvalue weighted by Gasteiger charge is 2.25. The molecular weight excluding hydrogens is 244 g/mol. The van der Waals surface area contributed by atoms with Crippen LogP contribution in [0.5, 0.6) is 0 Å². The van der Waals surface area contributed by atoms with E-state index < -0.39 is 0 Å². The Morgan fingerprint density at radius 2 is 2.21 bits per heavy atom. The lowest BCUT2D eigenvalue weighted by atomic mass is 9.90. The standard InChI is InChI=1S/C14H18N2O3/c1-19-13(17)7-9-16-14(18)11-6-8-15-12-5-3-2-4-10(11)12/h2-5,11,15H,6-9H2,1H3,(H,16,18). The van der Waals surface area contributed by atoms with Crippen LogP contribution in [0.3, 0.4) is 0 Å². The van der Waals surface area contributed by atoms with Gasteiger partial charge in [-0.15, -0.1) is 0 Å². The molecule has 0 fully saturated rings. The molecule has 1 aromatic rings. The predicted molar refractivity (Wildman–Crippen MR) is 71.9 cm³/mol. The molecule has 1 atom stereocenters. The third-order valence-corrected chi connectivity index (χ3v) is 3.26. The first-order chi connectivity index (χ1) is 9.22. The van der Waals surface area contributed by atoms with Crippen LogP contribution in [0.25, 0.3) is 0 Å². The van der Waals surface area contributed by atoms with Crippen molar-refractivity contribution >= 4 is 17.6 Å². The van der Waals surface area contributed by atoms with Crippen molar-refractivity contribution < 1.29 is 14.3 Å². The predicted octanol–water partition coefficient (Wildman–Crippen LogP) is 1.27. The lowest BCUT2D eigenvalue weighted by molar-refractivity contribution is -0.140. The zero-order valence-electron chi connectivity index (χ0n) is 10.9. The Labute approximate surface area is 112 Å². The molecule has 1 unspecified atom stereocenters. The normalized spacial score (nSPS) is 17.0. The summed E-state index contributed by atoms with van der Waals surface area (Å²) in [4.78, 5) is 23.1. The van der Waals surface area contributed by atoms with Gasteiger partial charge < -0.3 is 15.4 Å². The average molecular weight is 262 g/mol. The number of rotatable bonds is 4. The van der Waals surface area contributed by atoms with Crippen LogP contribution in [0.4, 0.5) is 5.69 Å². The van der Waals surface area contributed by atoms with Crippen molar-refractivity contribution in [1.82, 2.24) is 5.32 Å². The van der Waals surface area contributed by atoms with Gasteiger partial charge in [0.15, 0.2) is 0 Å². The molecule has 2 rings (SSSR count). The molecule has 0 aliphatic carbocycles. The van der Waals surface area contributed by atoms with E-state index in [2.05, 4.69) is 15.4 Å². The molecule has 0 bridgehead atoms. The van der Waals surface area contributed by atoms with E-state index in [1.54, 1.807) is 0 Å². The highest BCUT2D eigenvalue weighted by molar-refractivity contribution is 5.86. The number of esters is 1. The third kappa shape index (κ3) is 3.24. The number of hydrogen-bond acceptors (Lipinski definition) is 4. The van der Waals surface area contributed by atoms with Crippen LogP contribution in [-0.4, -0.2) is 32.1 Å². The quantitative estimate of drug-likeness (QED) is 0.802. The third-order valence-electron chi connectivity index (χ3n) is 3.26. The van der Waals surface area contributed by atoms with Gasteiger partial charge in [0.25, 0.3) is 0 Å². The second kappa shape index (κ2) is 6.22. The zero-order valence-corrected chi connectivity index (χ0v) is 10.9. The number of benzene rings is 1. The molecule has 1 aliphatic rings. The summed E-state index contributed by atoms with van der Waals surface area (Å²) in [5.74, 6) is -0.487. The Bertz CT molecular complexity index is 474. The topological polar surface area (TPSA) is 67.4 Å². The molecule has 1 amide bonds. The number of carbonyl (C=O) groups is 2. The van der Waals surface area contributed by atoms with E-state index in [9.17, 15) is 9.59 Å². The molecule has 0 saturated carbocycles. The fraction of sp³-hybridized carbons (Fsp3) is 0.429. The van der Waals surface area contributed by atoms with E-state index in [1.807, 2.05) is 24.3 Å². The fourth-order valence-electron chi connectivity index (χ4n) is 2.25. The van der Waals surface area contributed by atoms with Crippen molar-refractivity contribution in [1.29, 1.82) is 0 Å². The van der Waals surface area contributed by atoms with Crippen LogP contribution < -0.4 is 10.6 Å². The zero-order chi connectivity index (χ0) is 13.7. The van der Waals surface area contributed by atoms with E-state index in [-0.39, 0.29) is 24.2 Å². The van der Waals surface area contributed by atoms with Gasteiger partial charge in [0.1, 0.15) is 0 Å². The maximum absolute atomic E-state index is 12.1. The van der Waals surface area contributed by atoms with Crippen molar-refractivity contribution in [2.24, 2.45) is 0 Å². The summed E-state index contributed by atoms with van der Waals surface area (Å²) in [5.41, 5.74) is 2.03. The number of ether oxygens (including phenoxy) is 1. The molecule has 5 nitrogen and oxygen atoms in total. The molecule has 0 aromatic heterocycles. The Hall–Kier alpha value is -2.04. The van der Waals surface area contributed by atoms with Crippen LogP contribution in [-0.2, 0) is 14.3 Å². The SMILES string of the molecule is COC(=O)CCNC(=O)C1CCNc2ccccc21. The minimum atomic E-state index is -0.314. The molecule has 1 heterocycles. The van der Waals surface area contributed by atoms with Gasteiger partial charge in [0.05, 0.1) is 19.4 Å². The summed E-state index contributed by atoms with van der Waals surface area (Å²) in [5, 5.41) is 6.07. The Morgan fingerprint density at radius 1 is 1.42 bits per heavy atom. The van der Waals surface area contributed by atoms with Gasteiger partial charge in [-0.2, -0.15) is 0 Å². The molecule has 2 N–H and O–H groups in total. The molecule has 1 aliphatic heterocycles. The molecule has 19 heavy (non-hydrogen) atoms. The Morgan fingerprint density at radius 3 is 3.00 bits per heavy atom. The minimum absolute atomic E-state index is 0.0298. The van der Waals surface area contributed by atoms with Crippen molar-refractivity contribution in [3.05, 3.63) is 29.8 Å². The summed E-state index contributed by atoms with van der Waals surface area (Å²) in [6.45, 7) is 1.10. The lowest BCUT2D eigenvalue weighted by Gasteiger charge is -2.25. The number of hydrogen-bond donors (Lipinski definition) is 2. The largest absolute Gasteiger partial charge is 0.469 e. The first-order valence-corrected chi connectivity index (χ1v) is 6.39. The number of nitrogens with one attached hydrogen (secondary N) is 2. The molecule has 0 radical (unpaired) electrons. The Kier molecular flexibility index (Phi) is 4.39. The molecule has 0 saturated heterocycles. The van der Waals surface area contributed by atoms with Crippen molar-refractivity contribution in [2.45, 2.75) is 18.8 Å². The molecule has 102 valence electrons. The number of amides is 1. The van der Waals surface area contributed by atoms with E-state index in [0.29, 0.717) is 6.54 Å². The highest BCUT2D eigenvalue weighted by atomic mass is 16.5. The van der Waals surface area contributed by atoms with E-state index in [4.69, 9.17) is 0 Å².